The Morgan fingerprint density at radius 3 is 2.75 bits per heavy atom. The molecule has 7 heteroatoms. The Morgan fingerprint density at radius 1 is 1.04 bits per heavy atom. The topological polar surface area (TPSA) is 101 Å². The van der Waals surface area contributed by atoms with E-state index in [1.54, 1.807) is 18.5 Å². The summed E-state index contributed by atoms with van der Waals surface area (Å²) in [6, 6.07) is 13.4. The lowest BCUT2D eigenvalue weighted by Gasteiger charge is -2.05. The Morgan fingerprint density at radius 2 is 1.96 bits per heavy atom. The van der Waals surface area contributed by atoms with Crippen molar-refractivity contribution in [1.29, 1.82) is 5.26 Å². The van der Waals surface area contributed by atoms with Crippen molar-refractivity contribution in [3.8, 4) is 17.3 Å². The number of hydrogen-bond donors (Lipinski definition) is 1. The van der Waals surface area contributed by atoms with Crippen LogP contribution in [0.2, 0.25) is 0 Å². The zero-order chi connectivity index (χ0) is 16.4. The molecule has 0 spiro atoms. The maximum atomic E-state index is 9.25. The third-order valence-electron chi connectivity index (χ3n) is 3.36. The fraction of sp³-hybridized carbons (Fsp3) is 0. The van der Waals surface area contributed by atoms with Gasteiger partial charge >= 0.3 is 6.01 Å². The maximum Gasteiger partial charge on any atom is 0.302 e. The van der Waals surface area contributed by atoms with E-state index in [0.717, 1.165) is 11.1 Å². The summed E-state index contributed by atoms with van der Waals surface area (Å²) in [6.45, 7) is 0. The van der Waals surface area contributed by atoms with Gasteiger partial charge in [-0.1, -0.05) is 12.1 Å². The minimum absolute atomic E-state index is 0.290. The molecule has 0 atom stereocenters. The fourth-order valence-corrected chi connectivity index (χ4v) is 2.27. The van der Waals surface area contributed by atoms with Gasteiger partial charge in [0.15, 0.2) is 5.58 Å². The number of rotatable bonds is 3. The molecule has 0 aliphatic rings. The smallest absolute Gasteiger partial charge is 0.302 e. The van der Waals surface area contributed by atoms with Gasteiger partial charge in [-0.05, 0) is 24.3 Å². The largest absolute Gasteiger partial charge is 0.423 e. The molecule has 24 heavy (non-hydrogen) atoms. The zero-order valence-electron chi connectivity index (χ0n) is 12.3. The first-order chi connectivity index (χ1) is 11.8. The molecule has 4 aromatic rings. The van der Waals surface area contributed by atoms with Crippen molar-refractivity contribution in [2.24, 2.45) is 0 Å². The van der Waals surface area contributed by atoms with Crippen LogP contribution in [-0.2, 0) is 0 Å². The van der Waals surface area contributed by atoms with E-state index in [0.29, 0.717) is 22.8 Å². The number of oxazole rings is 1. The lowest BCUT2D eigenvalue weighted by Crippen LogP contribution is -2.00. The second kappa shape index (κ2) is 5.78. The molecule has 0 unspecified atom stereocenters. The van der Waals surface area contributed by atoms with Crippen molar-refractivity contribution in [1.82, 2.24) is 19.9 Å². The van der Waals surface area contributed by atoms with E-state index in [2.05, 4.69) is 31.3 Å². The Labute approximate surface area is 136 Å². The molecule has 3 aromatic heterocycles. The summed E-state index contributed by atoms with van der Waals surface area (Å²) in [5.41, 5.74) is 3.00. The third kappa shape index (κ3) is 2.53. The summed E-state index contributed by atoms with van der Waals surface area (Å²) >= 11 is 0. The van der Waals surface area contributed by atoms with Crippen LogP contribution in [0.5, 0.6) is 0 Å². The minimum Gasteiger partial charge on any atom is -0.423 e. The van der Waals surface area contributed by atoms with Gasteiger partial charge in [-0.3, -0.25) is 10.3 Å². The zero-order valence-corrected chi connectivity index (χ0v) is 12.3. The van der Waals surface area contributed by atoms with E-state index in [9.17, 15) is 5.26 Å². The van der Waals surface area contributed by atoms with Crippen molar-refractivity contribution in [2.45, 2.75) is 0 Å². The number of pyridine rings is 1. The summed E-state index contributed by atoms with van der Waals surface area (Å²) in [6.07, 6.45) is 4.76. The van der Waals surface area contributed by atoms with Crippen LogP contribution in [0.25, 0.3) is 22.4 Å². The number of benzene rings is 1. The second-order valence-corrected chi connectivity index (χ2v) is 4.92. The first-order valence-electron chi connectivity index (χ1n) is 7.13. The van der Waals surface area contributed by atoms with Crippen molar-refractivity contribution in [2.75, 3.05) is 5.32 Å². The molecule has 0 saturated carbocycles. The average Bonchev–Trinajstić information content (AvgIpc) is 3.04. The minimum atomic E-state index is 0.290. The molecule has 0 bridgehead atoms. The van der Waals surface area contributed by atoms with Crippen LogP contribution in [0.3, 0.4) is 0 Å². The van der Waals surface area contributed by atoms with Gasteiger partial charge < -0.3 is 4.42 Å². The fourth-order valence-electron chi connectivity index (χ4n) is 2.27. The molecule has 0 saturated heterocycles. The average molecular weight is 314 g/mol. The van der Waals surface area contributed by atoms with Gasteiger partial charge in [-0.2, -0.15) is 10.2 Å². The number of hydrogen-bond acceptors (Lipinski definition) is 7. The molecule has 114 valence electrons. The highest BCUT2D eigenvalue weighted by Crippen LogP contribution is 2.24. The van der Waals surface area contributed by atoms with Crippen LogP contribution in [0, 0.1) is 11.3 Å². The van der Waals surface area contributed by atoms with Gasteiger partial charge in [0.05, 0.1) is 17.5 Å². The van der Waals surface area contributed by atoms with E-state index in [4.69, 9.17) is 4.42 Å². The lowest BCUT2D eigenvalue weighted by atomic mass is 10.1. The van der Waals surface area contributed by atoms with Crippen LogP contribution < -0.4 is 5.32 Å². The van der Waals surface area contributed by atoms with Crippen LogP contribution in [0.4, 0.5) is 12.0 Å². The number of para-hydroxylation sites is 2. The molecule has 0 aliphatic heterocycles. The van der Waals surface area contributed by atoms with E-state index in [-0.39, 0.29) is 6.01 Å². The highest BCUT2D eigenvalue weighted by atomic mass is 16.4. The van der Waals surface area contributed by atoms with Gasteiger partial charge in [0, 0.05) is 18.0 Å². The van der Waals surface area contributed by atoms with Gasteiger partial charge in [0.25, 0.3) is 0 Å². The predicted molar refractivity (Wildman–Crippen MR) is 87.3 cm³/mol. The first-order valence-corrected chi connectivity index (χ1v) is 7.13. The Hall–Kier alpha value is -3.79. The van der Waals surface area contributed by atoms with E-state index in [1.165, 1.54) is 6.20 Å². The van der Waals surface area contributed by atoms with E-state index in [1.807, 2.05) is 30.3 Å². The van der Waals surface area contributed by atoms with E-state index >= 15 is 0 Å². The van der Waals surface area contributed by atoms with Crippen molar-refractivity contribution >= 4 is 23.1 Å². The summed E-state index contributed by atoms with van der Waals surface area (Å²) in [7, 11) is 0. The van der Waals surface area contributed by atoms with Crippen LogP contribution >= 0.6 is 0 Å². The molecule has 1 aromatic carbocycles. The molecule has 0 aliphatic carbocycles. The highest BCUT2D eigenvalue weighted by Gasteiger charge is 2.12. The highest BCUT2D eigenvalue weighted by molar-refractivity contribution is 5.75. The number of nitriles is 1. The molecule has 0 fully saturated rings. The molecular weight excluding hydrogens is 304 g/mol. The third-order valence-corrected chi connectivity index (χ3v) is 3.36. The first kappa shape index (κ1) is 13.8. The number of anilines is 2. The van der Waals surface area contributed by atoms with Gasteiger partial charge in [0.2, 0.25) is 5.95 Å². The normalized spacial score (nSPS) is 10.5. The summed E-state index contributed by atoms with van der Waals surface area (Å²) in [5.74, 6) is 0.291. The predicted octanol–water partition coefficient (Wildman–Crippen LogP) is 3.30. The van der Waals surface area contributed by atoms with Crippen LogP contribution in [-0.4, -0.2) is 19.9 Å². The quantitative estimate of drug-likeness (QED) is 0.619. The second-order valence-electron chi connectivity index (χ2n) is 4.92. The number of nitrogens with zero attached hydrogens (tertiary/aromatic N) is 5. The Bertz CT molecular complexity index is 1020. The van der Waals surface area contributed by atoms with Gasteiger partial charge in [-0.25, -0.2) is 9.97 Å². The molecule has 4 rings (SSSR count). The lowest BCUT2D eigenvalue weighted by molar-refractivity contribution is 0.621. The Balaban J connectivity index is 1.72. The molecule has 0 radical (unpaired) electrons. The summed E-state index contributed by atoms with van der Waals surface area (Å²) in [5, 5.41) is 12.2. The standard InChI is InChI=1S/C17H10N6O/c18-8-12-10-20-16(22-15(12)11-4-3-7-19-9-11)23-17-21-13-5-1-2-6-14(13)24-17/h1-7,9-10H,(H,20,21,22,23). The van der Waals surface area contributed by atoms with E-state index < -0.39 is 0 Å². The summed E-state index contributed by atoms with van der Waals surface area (Å²) in [4.78, 5) is 16.9. The number of fused-ring (bicyclic) bond motifs is 1. The van der Waals surface area contributed by atoms with Gasteiger partial charge in [-0.15, -0.1) is 0 Å². The maximum absolute atomic E-state index is 9.25. The number of nitrogens with one attached hydrogen (secondary N) is 1. The van der Waals surface area contributed by atoms with Gasteiger partial charge in [0.1, 0.15) is 11.6 Å². The Kier molecular flexibility index (Phi) is 3.33. The van der Waals surface area contributed by atoms with Crippen LogP contribution in [0.1, 0.15) is 5.56 Å². The molecule has 0 amide bonds. The summed E-state index contributed by atoms with van der Waals surface area (Å²) < 4.78 is 5.59. The van der Waals surface area contributed by atoms with Crippen molar-refractivity contribution < 1.29 is 4.42 Å². The van der Waals surface area contributed by atoms with Crippen molar-refractivity contribution in [3.05, 3.63) is 60.6 Å². The molecular formula is C17H10N6O. The number of aromatic nitrogens is 4. The monoisotopic (exact) mass is 314 g/mol. The SMILES string of the molecule is N#Cc1cnc(Nc2nc3ccccc3o2)nc1-c1cccnc1. The molecule has 1 N–H and O–H groups in total. The van der Waals surface area contributed by atoms with Crippen LogP contribution in [0.15, 0.2) is 59.4 Å². The molecule has 7 nitrogen and oxygen atoms in total. The van der Waals surface area contributed by atoms with Crippen molar-refractivity contribution in [3.63, 3.8) is 0 Å². The molecule has 3 heterocycles.